The van der Waals surface area contributed by atoms with Gasteiger partial charge in [-0.05, 0) is 12.1 Å². The van der Waals surface area contributed by atoms with Crippen molar-refractivity contribution in [2.24, 2.45) is 0 Å². The molecular formula is C13H17Cl4F3N2O. The largest absolute Gasteiger partial charge is 0.506 e. The molecule has 0 bridgehead atoms. The summed E-state index contributed by atoms with van der Waals surface area (Å²) in [6.45, 7) is 2.13. The van der Waals surface area contributed by atoms with Gasteiger partial charge in [0, 0.05) is 42.8 Å². The first kappa shape index (κ1) is 22.9. The maximum atomic E-state index is 12.9. The quantitative estimate of drug-likeness (QED) is 0.765. The van der Waals surface area contributed by atoms with Crippen LogP contribution in [0, 0.1) is 0 Å². The van der Waals surface area contributed by atoms with Crippen molar-refractivity contribution in [3.63, 3.8) is 0 Å². The molecule has 2 N–H and O–H groups in total. The number of hydrogen-bond acceptors (Lipinski definition) is 3. The monoisotopic (exact) mass is 414 g/mol. The first-order valence-electron chi connectivity index (χ1n) is 6.47. The van der Waals surface area contributed by atoms with Gasteiger partial charge in [-0.2, -0.15) is 13.2 Å². The van der Waals surface area contributed by atoms with Crippen LogP contribution in [0.1, 0.15) is 18.0 Å². The molecule has 1 heterocycles. The molecule has 1 aromatic carbocycles. The number of piperazine rings is 1. The zero-order chi connectivity index (χ0) is 15.6. The normalized spacial score (nSPS) is 17.1. The van der Waals surface area contributed by atoms with Gasteiger partial charge in [-0.1, -0.05) is 23.2 Å². The van der Waals surface area contributed by atoms with Gasteiger partial charge in [0.1, 0.15) is 5.75 Å². The molecule has 0 unspecified atom stereocenters. The van der Waals surface area contributed by atoms with E-state index in [2.05, 4.69) is 5.32 Å². The van der Waals surface area contributed by atoms with Crippen LogP contribution in [-0.4, -0.2) is 42.4 Å². The van der Waals surface area contributed by atoms with Gasteiger partial charge in [0.15, 0.2) is 0 Å². The minimum atomic E-state index is -4.35. The lowest BCUT2D eigenvalue weighted by Gasteiger charge is -2.36. The maximum Gasteiger partial charge on any atom is 0.390 e. The number of nitrogens with zero attached hydrogens (tertiary/aromatic N) is 1. The van der Waals surface area contributed by atoms with Crippen molar-refractivity contribution >= 4 is 48.0 Å². The van der Waals surface area contributed by atoms with Crippen LogP contribution in [0.25, 0.3) is 0 Å². The van der Waals surface area contributed by atoms with Crippen molar-refractivity contribution in [3.05, 3.63) is 27.7 Å². The molecule has 2 rings (SSSR count). The number of rotatable bonds is 3. The van der Waals surface area contributed by atoms with E-state index in [-0.39, 0.29) is 46.2 Å². The Morgan fingerprint density at radius 1 is 1.17 bits per heavy atom. The molecule has 1 fully saturated rings. The smallest absolute Gasteiger partial charge is 0.390 e. The fraction of sp³-hybridized carbons (Fsp3) is 0.538. The fourth-order valence-electron chi connectivity index (χ4n) is 2.49. The van der Waals surface area contributed by atoms with Gasteiger partial charge < -0.3 is 10.4 Å². The highest BCUT2D eigenvalue weighted by Crippen LogP contribution is 2.41. The molecule has 1 saturated heterocycles. The molecule has 134 valence electrons. The Morgan fingerprint density at radius 2 is 1.74 bits per heavy atom. The molecule has 1 atom stereocenters. The number of benzene rings is 1. The Labute approximate surface area is 154 Å². The molecule has 0 radical (unpaired) electrons. The van der Waals surface area contributed by atoms with Crippen LogP contribution in [-0.2, 0) is 0 Å². The van der Waals surface area contributed by atoms with Crippen molar-refractivity contribution < 1.29 is 18.3 Å². The summed E-state index contributed by atoms with van der Waals surface area (Å²) < 4.78 is 38.7. The summed E-state index contributed by atoms with van der Waals surface area (Å²) in [6.07, 6.45) is -5.41. The summed E-state index contributed by atoms with van der Waals surface area (Å²) >= 11 is 11.7. The molecule has 23 heavy (non-hydrogen) atoms. The lowest BCUT2D eigenvalue weighted by molar-refractivity contribution is -0.148. The molecule has 0 saturated carbocycles. The molecule has 0 aromatic heterocycles. The first-order valence-corrected chi connectivity index (χ1v) is 7.23. The van der Waals surface area contributed by atoms with Crippen molar-refractivity contribution in [1.82, 2.24) is 10.2 Å². The number of aromatic hydroxyl groups is 1. The maximum absolute atomic E-state index is 12.9. The summed E-state index contributed by atoms with van der Waals surface area (Å²) in [5, 5.41) is 13.3. The van der Waals surface area contributed by atoms with Gasteiger partial charge >= 0.3 is 6.18 Å². The highest BCUT2D eigenvalue weighted by atomic mass is 35.5. The van der Waals surface area contributed by atoms with Crippen LogP contribution in [0.4, 0.5) is 13.2 Å². The SMILES string of the molecule is Cl.Cl.Oc1c(Cl)cc(Cl)cc1[C@H](CC(F)(F)F)N1CCNCC1. The summed E-state index contributed by atoms with van der Waals surface area (Å²) in [5.41, 5.74) is 0.117. The zero-order valence-corrected chi connectivity index (χ0v) is 15.0. The summed E-state index contributed by atoms with van der Waals surface area (Å²) in [4.78, 5) is 1.69. The number of halogens is 7. The predicted molar refractivity (Wildman–Crippen MR) is 90.5 cm³/mol. The average molecular weight is 416 g/mol. The standard InChI is InChI=1S/C13H15Cl2F3N2O.2ClH/c14-8-5-9(12(21)10(15)6-8)11(7-13(16,17)18)20-3-1-19-2-4-20;;/h5-6,11,19,21H,1-4,7H2;2*1H/t11-;;/m0../s1. The van der Waals surface area contributed by atoms with Crippen LogP contribution in [0.5, 0.6) is 5.75 Å². The van der Waals surface area contributed by atoms with Crippen molar-refractivity contribution in [2.75, 3.05) is 26.2 Å². The topological polar surface area (TPSA) is 35.5 Å². The van der Waals surface area contributed by atoms with Gasteiger partial charge in [0.05, 0.1) is 11.4 Å². The van der Waals surface area contributed by atoms with Crippen molar-refractivity contribution in [1.29, 1.82) is 0 Å². The fourth-order valence-corrected chi connectivity index (χ4v) is 3.00. The minimum absolute atomic E-state index is 0. The summed E-state index contributed by atoms with van der Waals surface area (Å²) in [6, 6.07) is 1.66. The Hall–Kier alpha value is -0.110. The third kappa shape index (κ3) is 6.36. The molecule has 0 amide bonds. The van der Waals surface area contributed by atoms with Gasteiger partial charge in [-0.25, -0.2) is 0 Å². The van der Waals surface area contributed by atoms with Crippen LogP contribution >= 0.6 is 48.0 Å². The van der Waals surface area contributed by atoms with Crippen molar-refractivity contribution in [3.8, 4) is 5.75 Å². The molecular weight excluding hydrogens is 399 g/mol. The third-order valence-electron chi connectivity index (χ3n) is 3.43. The van der Waals surface area contributed by atoms with E-state index in [1.807, 2.05) is 0 Å². The first-order chi connectivity index (χ1) is 9.78. The van der Waals surface area contributed by atoms with E-state index < -0.39 is 18.6 Å². The van der Waals surface area contributed by atoms with E-state index >= 15 is 0 Å². The minimum Gasteiger partial charge on any atom is -0.506 e. The van der Waals surface area contributed by atoms with E-state index in [9.17, 15) is 18.3 Å². The van der Waals surface area contributed by atoms with E-state index in [0.717, 1.165) is 0 Å². The zero-order valence-electron chi connectivity index (χ0n) is 11.9. The Morgan fingerprint density at radius 3 is 2.26 bits per heavy atom. The van der Waals surface area contributed by atoms with Gasteiger partial charge in [0.2, 0.25) is 0 Å². The van der Waals surface area contributed by atoms with Gasteiger partial charge in [0.25, 0.3) is 0 Å². The Kier molecular flexibility index (Phi) is 9.35. The van der Waals surface area contributed by atoms with Crippen LogP contribution < -0.4 is 5.32 Å². The number of nitrogens with one attached hydrogen (secondary N) is 1. The van der Waals surface area contributed by atoms with Crippen LogP contribution in [0.2, 0.25) is 10.0 Å². The number of phenolic OH excluding ortho intramolecular Hbond substituents is 1. The number of hydrogen-bond donors (Lipinski definition) is 2. The van der Waals surface area contributed by atoms with Gasteiger partial charge in [-0.3, -0.25) is 4.90 Å². The summed E-state index contributed by atoms with van der Waals surface area (Å²) in [5.74, 6) is -0.339. The predicted octanol–water partition coefficient (Wildman–Crippen LogP) is 4.44. The molecule has 3 nitrogen and oxygen atoms in total. The van der Waals surface area contributed by atoms with Gasteiger partial charge in [-0.15, -0.1) is 24.8 Å². The van der Waals surface area contributed by atoms with Crippen molar-refractivity contribution in [2.45, 2.75) is 18.6 Å². The number of alkyl halides is 3. The van der Waals surface area contributed by atoms with E-state index in [1.165, 1.54) is 12.1 Å². The number of phenols is 1. The lowest BCUT2D eigenvalue weighted by Crippen LogP contribution is -2.46. The average Bonchev–Trinajstić information content (AvgIpc) is 2.40. The second-order valence-electron chi connectivity index (χ2n) is 4.95. The molecule has 0 aliphatic carbocycles. The molecule has 1 aromatic rings. The molecule has 1 aliphatic rings. The second kappa shape index (κ2) is 9.39. The Balaban J connectivity index is 0.00000242. The summed E-state index contributed by atoms with van der Waals surface area (Å²) in [7, 11) is 0. The van der Waals surface area contributed by atoms with E-state index in [1.54, 1.807) is 4.90 Å². The molecule has 1 aliphatic heterocycles. The second-order valence-corrected chi connectivity index (χ2v) is 5.79. The van der Waals surface area contributed by atoms with E-state index in [0.29, 0.717) is 26.2 Å². The molecule has 0 spiro atoms. The lowest BCUT2D eigenvalue weighted by atomic mass is 9.99. The molecule has 10 heteroatoms. The highest BCUT2D eigenvalue weighted by molar-refractivity contribution is 6.35. The third-order valence-corrected chi connectivity index (χ3v) is 3.94. The van der Waals surface area contributed by atoms with Crippen LogP contribution in [0.3, 0.4) is 0 Å². The highest BCUT2D eigenvalue weighted by Gasteiger charge is 2.37. The van der Waals surface area contributed by atoms with Crippen LogP contribution in [0.15, 0.2) is 12.1 Å². The van der Waals surface area contributed by atoms with E-state index in [4.69, 9.17) is 23.2 Å². The Bertz CT molecular complexity index is 511.